The van der Waals surface area contributed by atoms with Crippen molar-refractivity contribution in [3.63, 3.8) is 0 Å². The van der Waals surface area contributed by atoms with Crippen molar-refractivity contribution < 1.29 is 23.8 Å². The van der Waals surface area contributed by atoms with E-state index in [1.807, 2.05) is 0 Å². The number of hydrogen-bond acceptors (Lipinski definition) is 6. The molecule has 1 saturated heterocycles. The van der Waals surface area contributed by atoms with Crippen LogP contribution in [-0.4, -0.2) is 81.8 Å². The third-order valence-corrected chi connectivity index (χ3v) is 4.73. The Morgan fingerprint density at radius 2 is 1.85 bits per heavy atom. The molecular weight excluding hydrogens is 348 g/mol. The van der Waals surface area contributed by atoms with Gasteiger partial charge >= 0.3 is 5.97 Å². The average Bonchev–Trinajstić information content (AvgIpc) is 2.72. The highest BCUT2D eigenvalue weighted by Crippen LogP contribution is 2.15. The molecule has 0 aliphatic carbocycles. The van der Waals surface area contributed by atoms with Crippen molar-refractivity contribution in [1.82, 2.24) is 9.80 Å². The van der Waals surface area contributed by atoms with Gasteiger partial charge in [-0.15, -0.1) is 0 Å². The first-order chi connectivity index (χ1) is 13.0. The van der Waals surface area contributed by atoms with Crippen LogP contribution >= 0.6 is 0 Å². The molecule has 1 amide bonds. The summed E-state index contributed by atoms with van der Waals surface area (Å²) < 4.78 is 15.3. The van der Waals surface area contributed by atoms with Gasteiger partial charge in [0.05, 0.1) is 33.4 Å². The lowest BCUT2D eigenvalue weighted by atomic mass is 10.1. The van der Waals surface area contributed by atoms with Crippen LogP contribution in [0.25, 0.3) is 0 Å². The molecule has 0 N–H and O–H groups in total. The highest BCUT2D eigenvalue weighted by molar-refractivity contribution is 5.94. The Hall–Kier alpha value is -2.12. The number of ether oxygens (including phenoxy) is 3. The predicted octanol–water partition coefficient (Wildman–Crippen LogP) is 1.67. The molecule has 1 aromatic rings. The molecule has 0 bridgehead atoms. The van der Waals surface area contributed by atoms with Crippen LogP contribution in [0.3, 0.4) is 0 Å². The van der Waals surface area contributed by atoms with Gasteiger partial charge in [-0.2, -0.15) is 0 Å². The molecule has 1 atom stereocenters. The maximum Gasteiger partial charge on any atom is 0.310 e. The highest BCUT2D eigenvalue weighted by atomic mass is 16.5. The molecule has 0 spiro atoms. The molecule has 0 aromatic heterocycles. The van der Waals surface area contributed by atoms with Crippen molar-refractivity contribution in [2.45, 2.75) is 13.3 Å². The van der Waals surface area contributed by atoms with E-state index in [0.717, 1.165) is 39.3 Å². The molecule has 1 aliphatic heterocycles. The smallest absolute Gasteiger partial charge is 0.310 e. The number of carbonyl (C=O) groups is 2. The van der Waals surface area contributed by atoms with Crippen LogP contribution in [0.4, 0.5) is 0 Å². The lowest BCUT2D eigenvalue weighted by Crippen LogP contribution is -2.41. The molecule has 0 saturated carbocycles. The molecule has 1 aromatic carbocycles. The quantitative estimate of drug-likeness (QED) is 0.609. The predicted molar refractivity (Wildman–Crippen MR) is 102 cm³/mol. The van der Waals surface area contributed by atoms with E-state index in [2.05, 4.69) is 4.90 Å². The summed E-state index contributed by atoms with van der Waals surface area (Å²) in [4.78, 5) is 28.9. The molecule has 2 rings (SSSR count). The van der Waals surface area contributed by atoms with Gasteiger partial charge in [-0.25, -0.2) is 0 Å². The Morgan fingerprint density at radius 1 is 1.19 bits per heavy atom. The van der Waals surface area contributed by atoms with Crippen molar-refractivity contribution in [3.8, 4) is 5.75 Å². The summed E-state index contributed by atoms with van der Waals surface area (Å²) in [5.41, 5.74) is 0.583. The number of esters is 1. The highest BCUT2D eigenvalue weighted by Gasteiger charge is 2.23. The Kier molecular flexibility index (Phi) is 8.54. The van der Waals surface area contributed by atoms with Crippen LogP contribution in [0.15, 0.2) is 24.3 Å². The first kappa shape index (κ1) is 21.2. The number of carbonyl (C=O) groups excluding carboxylic acids is 2. The van der Waals surface area contributed by atoms with E-state index in [1.165, 1.54) is 7.11 Å². The van der Waals surface area contributed by atoms with Crippen molar-refractivity contribution in [2.75, 3.05) is 60.2 Å². The molecule has 7 heteroatoms. The van der Waals surface area contributed by atoms with Gasteiger partial charge in [-0.3, -0.25) is 14.5 Å². The van der Waals surface area contributed by atoms with Crippen LogP contribution in [0.2, 0.25) is 0 Å². The normalized spacial score (nSPS) is 15.8. The lowest BCUT2D eigenvalue weighted by Gasteiger charge is -2.29. The van der Waals surface area contributed by atoms with Crippen LogP contribution in [0.1, 0.15) is 23.7 Å². The van der Waals surface area contributed by atoms with Crippen LogP contribution in [0, 0.1) is 5.92 Å². The summed E-state index contributed by atoms with van der Waals surface area (Å²) in [7, 11) is 2.96. The Balaban J connectivity index is 2.00. The molecule has 27 heavy (non-hydrogen) atoms. The largest absolute Gasteiger partial charge is 0.497 e. The zero-order valence-electron chi connectivity index (χ0n) is 16.5. The van der Waals surface area contributed by atoms with Crippen LogP contribution in [-0.2, 0) is 14.3 Å². The summed E-state index contributed by atoms with van der Waals surface area (Å²) in [6.45, 7) is 6.96. The third-order valence-electron chi connectivity index (χ3n) is 4.73. The molecule has 150 valence electrons. The summed E-state index contributed by atoms with van der Waals surface area (Å²) in [6.07, 6.45) is 0.843. The topological polar surface area (TPSA) is 68.3 Å². The summed E-state index contributed by atoms with van der Waals surface area (Å²) in [5, 5.41) is 0. The van der Waals surface area contributed by atoms with Gasteiger partial charge in [-0.05, 0) is 30.7 Å². The van der Waals surface area contributed by atoms with E-state index >= 15 is 0 Å². The lowest BCUT2D eigenvalue weighted by molar-refractivity contribution is -0.145. The maximum absolute atomic E-state index is 13.0. The van der Waals surface area contributed by atoms with Crippen molar-refractivity contribution in [2.24, 2.45) is 5.92 Å². The van der Waals surface area contributed by atoms with Crippen LogP contribution < -0.4 is 4.74 Å². The fourth-order valence-corrected chi connectivity index (χ4v) is 3.11. The van der Waals surface area contributed by atoms with E-state index < -0.39 is 0 Å². The average molecular weight is 378 g/mol. The second-order valence-corrected chi connectivity index (χ2v) is 6.71. The number of hydrogen-bond donors (Lipinski definition) is 0. The van der Waals surface area contributed by atoms with E-state index in [0.29, 0.717) is 24.4 Å². The Morgan fingerprint density at radius 3 is 2.44 bits per heavy atom. The third kappa shape index (κ3) is 6.52. The number of rotatable bonds is 9. The van der Waals surface area contributed by atoms with Gasteiger partial charge in [0.25, 0.3) is 5.91 Å². The Labute approximate surface area is 161 Å². The minimum Gasteiger partial charge on any atom is -0.497 e. The summed E-state index contributed by atoms with van der Waals surface area (Å²) >= 11 is 0. The molecule has 7 nitrogen and oxygen atoms in total. The zero-order valence-corrected chi connectivity index (χ0v) is 16.5. The van der Waals surface area contributed by atoms with Gasteiger partial charge in [-0.1, -0.05) is 6.92 Å². The number of benzene rings is 1. The number of nitrogens with zero attached hydrogens (tertiary/aromatic N) is 2. The molecule has 1 heterocycles. The fraction of sp³-hybridized carbons (Fsp3) is 0.600. The van der Waals surface area contributed by atoms with Gasteiger partial charge in [0.15, 0.2) is 0 Å². The second kappa shape index (κ2) is 10.9. The van der Waals surface area contributed by atoms with E-state index in [1.54, 1.807) is 43.2 Å². The summed E-state index contributed by atoms with van der Waals surface area (Å²) in [6, 6.07) is 7.03. The van der Waals surface area contributed by atoms with E-state index in [-0.39, 0.29) is 17.8 Å². The molecule has 1 aliphatic rings. The van der Waals surface area contributed by atoms with Crippen molar-refractivity contribution in [3.05, 3.63) is 29.8 Å². The number of methoxy groups -OCH3 is 2. The monoisotopic (exact) mass is 378 g/mol. The standard InChI is InChI=1S/C20H30N2O5/c1-16(20(24)26-3)15-22(10-4-9-21-11-13-27-14-12-21)19(23)17-5-7-18(25-2)8-6-17/h5-8,16H,4,9-15H2,1-3H3. The van der Waals surface area contributed by atoms with E-state index in [9.17, 15) is 9.59 Å². The number of amides is 1. The van der Waals surface area contributed by atoms with Gasteiger partial charge in [0.1, 0.15) is 5.75 Å². The summed E-state index contributed by atoms with van der Waals surface area (Å²) in [5.74, 6) is -0.0694. The Bertz CT molecular complexity index is 599. The van der Waals surface area contributed by atoms with Gasteiger partial charge < -0.3 is 19.1 Å². The fourth-order valence-electron chi connectivity index (χ4n) is 3.11. The van der Waals surface area contributed by atoms with E-state index in [4.69, 9.17) is 14.2 Å². The molecule has 1 unspecified atom stereocenters. The molecule has 1 fully saturated rings. The first-order valence-corrected chi connectivity index (χ1v) is 9.36. The van der Waals surface area contributed by atoms with Crippen LogP contribution in [0.5, 0.6) is 5.75 Å². The van der Waals surface area contributed by atoms with Gasteiger partial charge in [0.2, 0.25) is 0 Å². The maximum atomic E-state index is 13.0. The van der Waals surface area contributed by atoms with Crippen molar-refractivity contribution in [1.29, 1.82) is 0 Å². The SMILES string of the molecule is COC(=O)C(C)CN(CCCN1CCOCC1)C(=O)c1ccc(OC)cc1. The molecular formula is C20H30N2O5. The zero-order chi connectivity index (χ0) is 19.6. The number of morpholine rings is 1. The first-order valence-electron chi connectivity index (χ1n) is 9.36. The minimum atomic E-state index is -0.374. The molecule has 0 radical (unpaired) electrons. The second-order valence-electron chi connectivity index (χ2n) is 6.71. The van der Waals surface area contributed by atoms with Crippen molar-refractivity contribution >= 4 is 11.9 Å². The minimum absolute atomic E-state index is 0.0876. The van der Waals surface area contributed by atoms with Gasteiger partial charge in [0, 0.05) is 38.3 Å².